The summed E-state index contributed by atoms with van der Waals surface area (Å²) in [6, 6.07) is 21.4. The van der Waals surface area contributed by atoms with Crippen molar-refractivity contribution in [2.45, 2.75) is 111 Å². The lowest BCUT2D eigenvalue weighted by atomic mass is 9.75. The van der Waals surface area contributed by atoms with E-state index >= 15 is 0 Å². The van der Waals surface area contributed by atoms with Crippen LogP contribution in [0.25, 0.3) is 6.08 Å². The summed E-state index contributed by atoms with van der Waals surface area (Å²) in [6.07, 6.45) is 7.49. The van der Waals surface area contributed by atoms with Crippen molar-refractivity contribution in [2.75, 3.05) is 41.7 Å². The van der Waals surface area contributed by atoms with E-state index < -0.39 is 24.8 Å². The third-order valence-corrected chi connectivity index (χ3v) is 11.6. The largest absolute Gasteiger partial charge is 0.508 e. The number of aromatic hydroxyl groups is 2. The molecule has 0 aromatic heterocycles. The van der Waals surface area contributed by atoms with Gasteiger partial charge in [0.05, 0.1) is 41.7 Å². The van der Waals surface area contributed by atoms with E-state index in [1.165, 1.54) is 33.1 Å². The molecule has 63 heavy (non-hydrogen) atoms. The van der Waals surface area contributed by atoms with Crippen LogP contribution in [0.2, 0.25) is 0 Å². The second kappa shape index (κ2) is 26.8. The lowest BCUT2D eigenvalue weighted by Gasteiger charge is -2.32. The van der Waals surface area contributed by atoms with Crippen LogP contribution < -0.4 is 28.4 Å². The molecule has 0 radical (unpaired) electrons. The topological polar surface area (TPSA) is 142 Å². The molecule has 0 aliphatic heterocycles. The van der Waals surface area contributed by atoms with Gasteiger partial charge in [0.15, 0.2) is 46.7 Å². The van der Waals surface area contributed by atoms with E-state index in [0.29, 0.717) is 34.5 Å². The van der Waals surface area contributed by atoms with Crippen molar-refractivity contribution < 1.29 is 53.3 Å². The molecule has 4 rings (SSSR count). The lowest BCUT2D eigenvalue weighted by Crippen LogP contribution is -2.33. The zero-order valence-corrected chi connectivity index (χ0v) is 39.3. The van der Waals surface area contributed by atoms with E-state index in [9.17, 15) is 20.1 Å². The summed E-state index contributed by atoms with van der Waals surface area (Å²) in [5.41, 5.74) is 3.40. The molecule has 4 aromatic carbocycles. The van der Waals surface area contributed by atoms with Crippen molar-refractivity contribution in [3.05, 3.63) is 101 Å². The minimum absolute atomic E-state index is 0.0129. The summed E-state index contributed by atoms with van der Waals surface area (Å²) in [4.78, 5) is 12.7. The molecular formula is C52H72O11. The highest BCUT2D eigenvalue weighted by Crippen LogP contribution is 2.44. The molecule has 0 aliphatic rings. The SMILES string of the molecule is CCC(CC)c1ccc(OC(c2cc(OC)c(O)c(OC)c2)C(CO)Oc2ccc(C(C(C)COC(=O)/C=C/c3ccc(O)cc3)C(CC)CC)cc2OC)c(OC)c1.CCCC. The number of ether oxygens (including phenoxy) is 7. The molecule has 0 spiro atoms. The number of hydrogen-bond donors (Lipinski definition) is 3. The number of rotatable bonds is 24. The highest BCUT2D eigenvalue weighted by Gasteiger charge is 2.33. The predicted molar refractivity (Wildman–Crippen MR) is 250 cm³/mol. The van der Waals surface area contributed by atoms with Crippen LogP contribution in [0.15, 0.2) is 78.9 Å². The van der Waals surface area contributed by atoms with Crippen LogP contribution in [-0.4, -0.2) is 69.0 Å². The first-order valence-corrected chi connectivity index (χ1v) is 22.3. The predicted octanol–water partition coefficient (Wildman–Crippen LogP) is 11.8. The zero-order valence-electron chi connectivity index (χ0n) is 39.3. The number of phenols is 2. The van der Waals surface area contributed by atoms with Crippen LogP contribution >= 0.6 is 0 Å². The average molecular weight is 873 g/mol. The maximum Gasteiger partial charge on any atom is 0.330 e. The highest BCUT2D eigenvalue weighted by molar-refractivity contribution is 5.87. The molecule has 0 saturated carbocycles. The van der Waals surface area contributed by atoms with Gasteiger partial charge in [-0.1, -0.05) is 98.4 Å². The maximum absolute atomic E-state index is 12.7. The molecule has 0 aliphatic carbocycles. The fraction of sp³-hybridized carbons (Fsp3) is 0.481. The van der Waals surface area contributed by atoms with Crippen LogP contribution in [0, 0.1) is 11.8 Å². The minimum atomic E-state index is -1.00. The molecule has 11 heteroatoms. The fourth-order valence-corrected chi connectivity index (χ4v) is 7.69. The van der Waals surface area contributed by atoms with Gasteiger partial charge in [0.2, 0.25) is 5.75 Å². The summed E-state index contributed by atoms with van der Waals surface area (Å²) < 4.78 is 41.8. The summed E-state index contributed by atoms with van der Waals surface area (Å²) in [6.45, 7) is 14.8. The van der Waals surface area contributed by atoms with E-state index in [2.05, 4.69) is 48.5 Å². The molecule has 0 fully saturated rings. The van der Waals surface area contributed by atoms with Crippen LogP contribution in [0.5, 0.6) is 46.0 Å². The number of phenolic OH excluding ortho intramolecular Hbond substituents is 2. The summed E-state index contributed by atoms with van der Waals surface area (Å²) in [5.74, 6) is 2.21. The van der Waals surface area contributed by atoms with Gasteiger partial charge in [-0.2, -0.15) is 0 Å². The molecule has 0 amide bonds. The molecule has 0 heterocycles. The summed E-state index contributed by atoms with van der Waals surface area (Å²) >= 11 is 0. The van der Waals surface area contributed by atoms with Crippen LogP contribution in [0.4, 0.5) is 0 Å². The molecule has 4 atom stereocenters. The molecule has 0 bridgehead atoms. The Balaban J connectivity index is 0.00000253. The van der Waals surface area contributed by atoms with Crippen molar-refractivity contribution in [1.29, 1.82) is 0 Å². The minimum Gasteiger partial charge on any atom is -0.508 e. The monoisotopic (exact) mass is 873 g/mol. The number of methoxy groups -OCH3 is 4. The second-order valence-electron chi connectivity index (χ2n) is 15.6. The van der Waals surface area contributed by atoms with Gasteiger partial charge in [-0.25, -0.2) is 4.79 Å². The first kappa shape index (κ1) is 51.8. The van der Waals surface area contributed by atoms with Crippen LogP contribution in [-0.2, 0) is 9.53 Å². The van der Waals surface area contributed by atoms with E-state index in [1.807, 2.05) is 36.4 Å². The standard InChI is InChI=1S/C48H62O11.C4H10/c1-10-32(11-2)34-17-21-39(40(24-34)53-6)59-48(36-26-42(55-8)47(52)43(27-36)56-9)44(28-49)58-38-22-18-35(25-41(38)54-7)46(33(12-3)13-4)30(5)29-57-45(51)23-16-31-14-19-37(50)20-15-31;1-3-4-2/h14-27,30,32-33,44,46,48-50,52H,10-13,28-29H2,1-9H3;3-4H2,1-2H3/b23-16+;. The quantitative estimate of drug-likeness (QED) is 0.0457. The van der Waals surface area contributed by atoms with Gasteiger partial charge < -0.3 is 48.5 Å². The van der Waals surface area contributed by atoms with Crippen molar-refractivity contribution in [1.82, 2.24) is 0 Å². The molecule has 3 N–H and O–H groups in total. The number of unbranched alkanes of at least 4 members (excludes halogenated alkanes) is 1. The molecule has 0 saturated heterocycles. The van der Waals surface area contributed by atoms with Gasteiger partial charge in [-0.15, -0.1) is 0 Å². The zero-order chi connectivity index (χ0) is 46.5. The Morgan fingerprint density at radius 3 is 1.62 bits per heavy atom. The number of carbonyl (C=O) groups is 1. The average Bonchev–Trinajstić information content (AvgIpc) is 3.31. The Kier molecular flexibility index (Phi) is 22.0. The second-order valence-corrected chi connectivity index (χ2v) is 15.6. The Morgan fingerprint density at radius 1 is 0.619 bits per heavy atom. The molecule has 4 aromatic rings. The molecule has 11 nitrogen and oxygen atoms in total. The van der Waals surface area contributed by atoms with Gasteiger partial charge in [0.25, 0.3) is 0 Å². The van der Waals surface area contributed by atoms with Crippen molar-refractivity contribution in [3.8, 4) is 46.0 Å². The molecule has 4 unspecified atom stereocenters. The molecule has 346 valence electrons. The Morgan fingerprint density at radius 2 is 1.13 bits per heavy atom. The van der Waals surface area contributed by atoms with E-state index in [1.54, 1.807) is 56.7 Å². The Bertz CT molecular complexity index is 1960. The van der Waals surface area contributed by atoms with Gasteiger partial charge in [0, 0.05) is 11.6 Å². The van der Waals surface area contributed by atoms with Crippen molar-refractivity contribution >= 4 is 12.0 Å². The Labute approximate surface area is 375 Å². The summed E-state index contributed by atoms with van der Waals surface area (Å²) in [7, 11) is 6.03. The number of hydrogen-bond acceptors (Lipinski definition) is 11. The number of carbonyl (C=O) groups excluding carboxylic acids is 1. The lowest BCUT2D eigenvalue weighted by molar-refractivity contribution is -0.139. The number of aliphatic hydroxyl groups excluding tert-OH is 1. The van der Waals surface area contributed by atoms with Crippen LogP contribution in [0.3, 0.4) is 0 Å². The summed E-state index contributed by atoms with van der Waals surface area (Å²) in [5, 5.41) is 31.3. The number of benzene rings is 4. The Hall–Kier alpha value is -5.55. The highest BCUT2D eigenvalue weighted by atomic mass is 16.6. The number of aliphatic hydroxyl groups is 1. The fourth-order valence-electron chi connectivity index (χ4n) is 7.69. The van der Waals surface area contributed by atoms with Gasteiger partial charge in [-0.3, -0.25) is 0 Å². The van der Waals surface area contributed by atoms with E-state index in [-0.39, 0.29) is 47.4 Å². The van der Waals surface area contributed by atoms with Crippen molar-refractivity contribution in [2.24, 2.45) is 11.8 Å². The van der Waals surface area contributed by atoms with Crippen molar-refractivity contribution in [3.63, 3.8) is 0 Å². The first-order chi connectivity index (χ1) is 30.4. The third kappa shape index (κ3) is 14.5. The van der Waals surface area contributed by atoms with Gasteiger partial charge in [0.1, 0.15) is 5.75 Å². The van der Waals surface area contributed by atoms with Crippen LogP contribution in [0.1, 0.15) is 127 Å². The number of esters is 1. The van der Waals surface area contributed by atoms with E-state index in [4.69, 9.17) is 33.2 Å². The smallest absolute Gasteiger partial charge is 0.330 e. The molecular weight excluding hydrogens is 801 g/mol. The van der Waals surface area contributed by atoms with Gasteiger partial charge in [-0.05, 0) is 108 Å². The normalized spacial score (nSPS) is 13.1. The maximum atomic E-state index is 12.7. The van der Waals surface area contributed by atoms with Gasteiger partial charge >= 0.3 is 5.97 Å². The first-order valence-electron chi connectivity index (χ1n) is 22.3. The van der Waals surface area contributed by atoms with E-state index in [0.717, 1.165) is 42.4 Å². The third-order valence-electron chi connectivity index (χ3n) is 11.6.